The Kier molecular flexibility index (Phi) is 4.30. The predicted molar refractivity (Wildman–Crippen MR) is 74.8 cm³/mol. The first kappa shape index (κ1) is 15.5. The van der Waals surface area contributed by atoms with Crippen LogP contribution < -0.4 is 0 Å². The van der Waals surface area contributed by atoms with Gasteiger partial charge in [0.25, 0.3) is 0 Å². The van der Waals surface area contributed by atoms with Crippen LogP contribution in [0.5, 0.6) is 0 Å². The van der Waals surface area contributed by atoms with Gasteiger partial charge in [0.15, 0.2) is 5.16 Å². The van der Waals surface area contributed by atoms with Gasteiger partial charge in [-0.25, -0.2) is 22.5 Å². The third-order valence-electron chi connectivity index (χ3n) is 2.56. The van der Waals surface area contributed by atoms with Crippen molar-refractivity contribution in [1.29, 1.82) is 0 Å². The Balaban J connectivity index is 2.48. The zero-order valence-corrected chi connectivity index (χ0v) is 12.8. The quantitative estimate of drug-likeness (QED) is 0.837. The summed E-state index contributed by atoms with van der Waals surface area (Å²) in [7, 11) is -0.923. The van der Waals surface area contributed by atoms with E-state index in [1.165, 1.54) is 32.6 Å². The maximum Gasteiger partial charge on any atom is 0.336 e. The van der Waals surface area contributed by atoms with Crippen molar-refractivity contribution < 1.29 is 18.3 Å². The molecule has 0 aliphatic rings. The maximum absolute atomic E-state index is 12.0. The molecule has 1 aromatic heterocycles. The van der Waals surface area contributed by atoms with E-state index in [9.17, 15) is 18.3 Å². The lowest BCUT2D eigenvalue weighted by molar-refractivity contribution is 0.0693. The van der Waals surface area contributed by atoms with Crippen molar-refractivity contribution in [1.82, 2.24) is 19.5 Å². The molecule has 0 unspecified atom stereocenters. The molecule has 1 heterocycles. The molecule has 0 bridgehead atoms. The van der Waals surface area contributed by atoms with E-state index >= 15 is 0 Å². The fraction of sp³-hybridized carbons (Fsp3) is 0.182. The second kappa shape index (κ2) is 5.84. The number of aromatic amines is 1. The standard InChI is InChI=1S/C11H12N4O4S2/c1-15(2)21(18,19)7-3-4-9(8(5-7)10(16)17)20-11-12-6-13-14-11/h3-6H,1-2H3,(H,16,17)(H,12,13,14). The number of carboxylic acid groups (broad SMARTS) is 1. The number of nitrogens with one attached hydrogen (secondary N) is 1. The third kappa shape index (κ3) is 3.23. The van der Waals surface area contributed by atoms with Crippen LogP contribution >= 0.6 is 11.8 Å². The van der Waals surface area contributed by atoms with Gasteiger partial charge in [-0.05, 0) is 30.0 Å². The molecule has 1 aromatic carbocycles. The highest BCUT2D eigenvalue weighted by molar-refractivity contribution is 7.99. The molecule has 112 valence electrons. The van der Waals surface area contributed by atoms with Crippen molar-refractivity contribution in [2.24, 2.45) is 0 Å². The fourth-order valence-corrected chi connectivity index (χ4v) is 3.21. The summed E-state index contributed by atoms with van der Waals surface area (Å²) < 4.78 is 25.1. The summed E-state index contributed by atoms with van der Waals surface area (Å²) in [4.78, 5) is 15.5. The van der Waals surface area contributed by atoms with Crippen LogP contribution in [0.25, 0.3) is 0 Å². The first-order valence-electron chi connectivity index (χ1n) is 5.65. The van der Waals surface area contributed by atoms with Crippen molar-refractivity contribution in [3.8, 4) is 0 Å². The molecule has 0 atom stereocenters. The highest BCUT2D eigenvalue weighted by Gasteiger charge is 2.21. The molecular formula is C11H12N4O4S2. The molecule has 0 aliphatic carbocycles. The van der Waals surface area contributed by atoms with Crippen molar-refractivity contribution in [2.45, 2.75) is 14.9 Å². The minimum atomic E-state index is -3.69. The van der Waals surface area contributed by atoms with Crippen LogP contribution in [0.2, 0.25) is 0 Å². The highest BCUT2D eigenvalue weighted by Crippen LogP contribution is 2.30. The van der Waals surface area contributed by atoms with Crippen LogP contribution in [0.3, 0.4) is 0 Å². The molecule has 0 radical (unpaired) electrons. The minimum absolute atomic E-state index is 0.0770. The molecule has 10 heteroatoms. The number of hydrogen-bond acceptors (Lipinski definition) is 6. The van der Waals surface area contributed by atoms with Crippen LogP contribution in [0.4, 0.5) is 0 Å². The Hall–Kier alpha value is -1.91. The molecule has 8 nitrogen and oxygen atoms in total. The summed E-state index contributed by atoms with van der Waals surface area (Å²) in [6, 6.07) is 3.93. The fourth-order valence-electron chi connectivity index (χ4n) is 1.48. The van der Waals surface area contributed by atoms with E-state index in [4.69, 9.17) is 0 Å². The van der Waals surface area contributed by atoms with Gasteiger partial charge in [0.2, 0.25) is 10.0 Å². The molecule has 2 aromatic rings. The predicted octanol–water partition coefficient (Wildman–Crippen LogP) is 0.904. The van der Waals surface area contributed by atoms with E-state index in [2.05, 4.69) is 15.2 Å². The number of carboxylic acids is 1. The monoisotopic (exact) mass is 328 g/mol. The van der Waals surface area contributed by atoms with E-state index in [0.717, 1.165) is 22.1 Å². The van der Waals surface area contributed by atoms with E-state index in [0.29, 0.717) is 10.1 Å². The largest absolute Gasteiger partial charge is 0.478 e. The molecule has 21 heavy (non-hydrogen) atoms. The van der Waals surface area contributed by atoms with Crippen molar-refractivity contribution in [2.75, 3.05) is 14.1 Å². The minimum Gasteiger partial charge on any atom is -0.478 e. The van der Waals surface area contributed by atoms with Crippen molar-refractivity contribution in [3.05, 3.63) is 30.1 Å². The SMILES string of the molecule is CN(C)S(=O)(=O)c1ccc(Sc2ncn[nH]2)c(C(=O)O)c1. The van der Waals surface area contributed by atoms with Gasteiger partial charge in [0.1, 0.15) is 6.33 Å². The number of aromatic nitrogens is 3. The van der Waals surface area contributed by atoms with Gasteiger partial charge in [-0.1, -0.05) is 0 Å². The van der Waals surface area contributed by atoms with Gasteiger partial charge in [-0.2, -0.15) is 5.10 Å². The summed E-state index contributed by atoms with van der Waals surface area (Å²) in [5.74, 6) is -1.21. The summed E-state index contributed by atoms with van der Waals surface area (Å²) in [5, 5.41) is 15.9. The Bertz CT molecular complexity index is 757. The molecule has 0 amide bonds. The van der Waals surface area contributed by atoms with E-state index in [1.54, 1.807) is 0 Å². The van der Waals surface area contributed by atoms with Crippen LogP contribution in [0.1, 0.15) is 10.4 Å². The number of sulfonamides is 1. The Morgan fingerprint density at radius 3 is 2.62 bits per heavy atom. The summed E-state index contributed by atoms with van der Waals surface area (Å²) in [6.45, 7) is 0. The average molecular weight is 328 g/mol. The molecule has 2 N–H and O–H groups in total. The Morgan fingerprint density at radius 2 is 2.10 bits per heavy atom. The molecule has 2 rings (SSSR count). The zero-order chi connectivity index (χ0) is 15.6. The van der Waals surface area contributed by atoms with Crippen LogP contribution in [-0.4, -0.2) is 53.1 Å². The number of benzene rings is 1. The van der Waals surface area contributed by atoms with Crippen molar-refractivity contribution in [3.63, 3.8) is 0 Å². The van der Waals surface area contributed by atoms with Gasteiger partial charge < -0.3 is 5.11 Å². The number of hydrogen-bond donors (Lipinski definition) is 2. The molecule has 0 aliphatic heterocycles. The highest BCUT2D eigenvalue weighted by atomic mass is 32.2. The first-order chi connectivity index (χ1) is 9.82. The van der Waals surface area contributed by atoms with Crippen LogP contribution in [-0.2, 0) is 10.0 Å². The summed E-state index contributed by atoms with van der Waals surface area (Å²) in [5.41, 5.74) is -0.112. The zero-order valence-electron chi connectivity index (χ0n) is 11.1. The number of rotatable bonds is 5. The number of H-pyrrole nitrogens is 1. The molecule has 0 saturated carbocycles. The molecular weight excluding hydrogens is 316 g/mol. The van der Waals surface area contributed by atoms with Crippen molar-refractivity contribution >= 4 is 27.8 Å². The third-order valence-corrected chi connectivity index (χ3v) is 5.34. The van der Waals surface area contributed by atoms with E-state index in [1.807, 2.05) is 0 Å². The van der Waals surface area contributed by atoms with E-state index in [-0.39, 0.29) is 10.5 Å². The van der Waals surface area contributed by atoms with Crippen LogP contribution in [0.15, 0.2) is 39.5 Å². The first-order valence-corrected chi connectivity index (χ1v) is 7.91. The second-order valence-corrected chi connectivity index (χ2v) is 7.33. The topological polar surface area (TPSA) is 116 Å². The number of aromatic carboxylic acids is 1. The Morgan fingerprint density at radius 1 is 1.38 bits per heavy atom. The normalized spacial score (nSPS) is 11.8. The number of nitrogens with zero attached hydrogens (tertiary/aromatic N) is 3. The average Bonchev–Trinajstić information content (AvgIpc) is 2.91. The smallest absolute Gasteiger partial charge is 0.336 e. The second-order valence-electron chi connectivity index (χ2n) is 4.14. The molecule has 0 fully saturated rings. The van der Waals surface area contributed by atoms with Crippen LogP contribution in [0, 0.1) is 0 Å². The summed E-state index contributed by atoms with van der Waals surface area (Å²) in [6.07, 6.45) is 1.30. The lowest BCUT2D eigenvalue weighted by Gasteiger charge is -2.13. The van der Waals surface area contributed by atoms with Gasteiger partial charge in [0.05, 0.1) is 10.5 Å². The lowest BCUT2D eigenvalue weighted by atomic mass is 10.2. The van der Waals surface area contributed by atoms with Gasteiger partial charge in [-0.15, -0.1) is 0 Å². The maximum atomic E-state index is 12.0. The Labute approximate surface area is 125 Å². The summed E-state index contributed by atoms with van der Waals surface area (Å²) >= 11 is 1.06. The van der Waals surface area contributed by atoms with Gasteiger partial charge in [-0.3, -0.25) is 5.10 Å². The number of carbonyl (C=O) groups is 1. The van der Waals surface area contributed by atoms with E-state index < -0.39 is 16.0 Å². The molecule has 0 saturated heterocycles. The van der Waals surface area contributed by atoms with Gasteiger partial charge >= 0.3 is 5.97 Å². The molecule has 0 spiro atoms. The van der Waals surface area contributed by atoms with Gasteiger partial charge in [0, 0.05) is 19.0 Å². The lowest BCUT2D eigenvalue weighted by Crippen LogP contribution is -2.22.